The summed E-state index contributed by atoms with van der Waals surface area (Å²) in [6, 6.07) is 9.04. The minimum Gasteiger partial charge on any atom is -0.452 e. The number of nitrogens with one attached hydrogen (secondary N) is 1. The average molecular weight is 419 g/mol. The number of carbonyl (C=O) groups is 2. The van der Waals surface area contributed by atoms with Crippen LogP contribution in [0.25, 0.3) is 0 Å². The number of nitrogens with zero attached hydrogens (tertiary/aromatic N) is 1. The zero-order valence-corrected chi connectivity index (χ0v) is 15.7. The lowest BCUT2D eigenvalue weighted by atomic mass is 9.96. The molecule has 0 saturated carbocycles. The zero-order valence-electron chi connectivity index (χ0n) is 13.3. The molecule has 0 fully saturated rings. The van der Waals surface area contributed by atoms with Crippen LogP contribution in [0.3, 0.4) is 0 Å². The third-order valence-electron chi connectivity index (χ3n) is 3.96. The van der Waals surface area contributed by atoms with Gasteiger partial charge in [-0.3, -0.25) is 4.79 Å². The number of hydrogen-bond donors (Lipinski definition) is 1. The van der Waals surface area contributed by atoms with Gasteiger partial charge in [0.1, 0.15) is 11.1 Å². The van der Waals surface area contributed by atoms with Crippen LogP contribution in [0.4, 0.5) is 5.00 Å². The molecule has 1 N–H and O–H groups in total. The smallest absolute Gasteiger partial charge is 0.339 e. The molecule has 1 heterocycles. The van der Waals surface area contributed by atoms with Crippen LogP contribution in [-0.2, 0) is 22.4 Å². The number of anilines is 1. The van der Waals surface area contributed by atoms with E-state index in [0.29, 0.717) is 20.6 Å². The molecule has 0 atom stereocenters. The number of hydrogen-bond acceptors (Lipinski definition) is 5. The quantitative estimate of drug-likeness (QED) is 0.759. The number of halogens is 1. The first-order chi connectivity index (χ1) is 12.1. The molecular weight excluding hydrogens is 404 g/mol. The molecular formula is C18H15BrN2O3S. The lowest BCUT2D eigenvalue weighted by molar-refractivity contribution is -0.119. The number of amides is 1. The molecule has 1 aliphatic carbocycles. The molecule has 3 rings (SSSR count). The Morgan fingerprint density at radius 3 is 2.80 bits per heavy atom. The van der Waals surface area contributed by atoms with Crippen molar-refractivity contribution in [3.63, 3.8) is 0 Å². The minimum absolute atomic E-state index is 0.361. The van der Waals surface area contributed by atoms with Gasteiger partial charge >= 0.3 is 5.97 Å². The van der Waals surface area contributed by atoms with Gasteiger partial charge in [-0.2, -0.15) is 5.26 Å². The Morgan fingerprint density at radius 1 is 1.28 bits per heavy atom. The number of esters is 1. The summed E-state index contributed by atoms with van der Waals surface area (Å²) < 4.78 is 5.67. The summed E-state index contributed by atoms with van der Waals surface area (Å²) in [5, 5.41) is 12.6. The number of nitriles is 1. The lowest BCUT2D eigenvalue weighted by Crippen LogP contribution is -2.21. The Kier molecular flexibility index (Phi) is 5.51. The second-order valence-corrected chi connectivity index (χ2v) is 7.59. The van der Waals surface area contributed by atoms with Crippen molar-refractivity contribution in [3.05, 3.63) is 50.3 Å². The van der Waals surface area contributed by atoms with Gasteiger partial charge in [0.2, 0.25) is 0 Å². The molecule has 7 heteroatoms. The van der Waals surface area contributed by atoms with Crippen molar-refractivity contribution in [1.82, 2.24) is 0 Å². The van der Waals surface area contributed by atoms with Gasteiger partial charge < -0.3 is 10.1 Å². The Morgan fingerprint density at radius 2 is 2.04 bits per heavy atom. The molecule has 128 valence electrons. The lowest BCUT2D eigenvalue weighted by Gasteiger charge is -2.09. The normalized spacial score (nSPS) is 12.8. The van der Waals surface area contributed by atoms with Crippen molar-refractivity contribution in [1.29, 1.82) is 5.26 Å². The molecule has 2 aromatic rings. The van der Waals surface area contributed by atoms with Crippen molar-refractivity contribution in [2.24, 2.45) is 0 Å². The third-order valence-corrected chi connectivity index (χ3v) is 5.86. The summed E-state index contributed by atoms with van der Waals surface area (Å²) >= 11 is 4.72. The monoisotopic (exact) mass is 418 g/mol. The van der Waals surface area contributed by atoms with Crippen LogP contribution in [0.5, 0.6) is 0 Å². The zero-order chi connectivity index (χ0) is 17.8. The van der Waals surface area contributed by atoms with E-state index < -0.39 is 18.5 Å². The highest BCUT2D eigenvalue weighted by molar-refractivity contribution is 9.10. The maximum absolute atomic E-state index is 12.1. The number of aryl methyl sites for hydroxylation is 1. The van der Waals surface area contributed by atoms with Crippen LogP contribution in [0.15, 0.2) is 28.7 Å². The van der Waals surface area contributed by atoms with Crippen LogP contribution in [0.2, 0.25) is 0 Å². The van der Waals surface area contributed by atoms with E-state index >= 15 is 0 Å². The summed E-state index contributed by atoms with van der Waals surface area (Å²) in [5.74, 6) is -1.02. The van der Waals surface area contributed by atoms with Crippen LogP contribution in [0, 0.1) is 11.3 Å². The highest BCUT2D eigenvalue weighted by atomic mass is 79.9. The third kappa shape index (κ3) is 3.91. The minimum atomic E-state index is -0.575. The van der Waals surface area contributed by atoms with Crippen molar-refractivity contribution >= 4 is 44.1 Å². The largest absolute Gasteiger partial charge is 0.452 e. The maximum Gasteiger partial charge on any atom is 0.339 e. The second-order valence-electron chi connectivity index (χ2n) is 5.63. The predicted octanol–water partition coefficient (Wildman–Crippen LogP) is 4.06. The number of carbonyl (C=O) groups excluding carboxylic acids is 2. The Labute approximate surface area is 157 Å². The highest BCUT2D eigenvalue weighted by Gasteiger charge is 2.22. The fourth-order valence-corrected chi connectivity index (χ4v) is 4.47. The molecule has 0 bridgehead atoms. The van der Waals surface area contributed by atoms with Gasteiger partial charge in [-0.15, -0.1) is 11.3 Å². The fraction of sp³-hybridized carbons (Fsp3) is 0.278. The first kappa shape index (κ1) is 17.6. The van der Waals surface area contributed by atoms with Crippen LogP contribution in [-0.4, -0.2) is 18.5 Å². The molecule has 25 heavy (non-hydrogen) atoms. The van der Waals surface area contributed by atoms with Gasteiger partial charge in [0, 0.05) is 9.35 Å². The molecule has 1 aliphatic rings. The van der Waals surface area contributed by atoms with E-state index in [0.717, 1.165) is 31.2 Å². The van der Waals surface area contributed by atoms with Gasteiger partial charge in [-0.05, 0) is 59.3 Å². The molecule has 1 aromatic heterocycles. The molecule has 1 amide bonds. The Balaban J connectivity index is 1.64. The fourth-order valence-electron chi connectivity index (χ4n) is 2.77. The molecule has 0 spiro atoms. The molecule has 5 nitrogen and oxygen atoms in total. The van der Waals surface area contributed by atoms with Crippen molar-refractivity contribution in [2.45, 2.75) is 25.7 Å². The SMILES string of the molecule is N#Cc1c(NC(=O)COC(=O)c2ccccc2Br)sc2c1CCCC2. The molecule has 0 saturated heterocycles. The number of rotatable bonds is 4. The molecule has 0 radical (unpaired) electrons. The number of ether oxygens (including phenoxy) is 1. The summed E-state index contributed by atoms with van der Waals surface area (Å²) in [7, 11) is 0. The van der Waals surface area contributed by atoms with Crippen LogP contribution < -0.4 is 5.32 Å². The number of fused-ring (bicyclic) bond motifs is 1. The van der Waals surface area contributed by atoms with Gasteiger partial charge in [-0.1, -0.05) is 12.1 Å². The Bertz CT molecular complexity index is 870. The van der Waals surface area contributed by atoms with Crippen molar-refractivity contribution < 1.29 is 14.3 Å². The van der Waals surface area contributed by atoms with Crippen molar-refractivity contribution in [3.8, 4) is 6.07 Å². The topological polar surface area (TPSA) is 79.2 Å². The van der Waals surface area contributed by atoms with Gasteiger partial charge in [0.15, 0.2) is 6.61 Å². The first-order valence-electron chi connectivity index (χ1n) is 7.86. The summed E-state index contributed by atoms with van der Waals surface area (Å²) in [4.78, 5) is 25.3. The second kappa shape index (κ2) is 7.81. The van der Waals surface area contributed by atoms with Gasteiger partial charge in [-0.25, -0.2) is 4.79 Å². The van der Waals surface area contributed by atoms with E-state index in [1.54, 1.807) is 24.3 Å². The van der Waals surface area contributed by atoms with Gasteiger partial charge in [0.25, 0.3) is 5.91 Å². The van der Waals surface area contributed by atoms with E-state index in [1.165, 1.54) is 16.2 Å². The first-order valence-corrected chi connectivity index (χ1v) is 9.47. The Hall–Kier alpha value is -2.17. The highest BCUT2D eigenvalue weighted by Crippen LogP contribution is 2.37. The summed E-state index contributed by atoms with van der Waals surface area (Å²) in [6.45, 7) is -0.395. The number of thiophene rings is 1. The standard InChI is InChI=1S/C18H15BrN2O3S/c19-14-7-3-1-6-12(14)18(23)24-10-16(22)21-17-13(9-20)11-5-2-4-8-15(11)25-17/h1,3,6-7H,2,4-5,8,10H2,(H,21,22). The van der Waals surface area contributed by atoms with Crippen molar-refractivity contribution in [2.75, 3.05) is 11.9 Å². The molecule has 0 unspecified atom stereocenters. The maximum atomic E-state index is 12.1. The van der Waals surface area contributed by atoms with Gasteiger partial charge in [0.05, 0.1) is 11.1 Å². The predicted molar refractivity (Wildman–Crippen MR) is 98.7 cm³/mol. The van der Waals surface area contributed by atoms with E-state index in [2.05, 4.69) is 27.3 Å². The average Bonchev–Trinajstić information content (AvgIpc) is 2.97. The summed E-state index contributed by atoms with van der Waals surface area (Å²) in [6.07, 6.45) is 3.99. The number of benzene rings is 1. The van der Waals surface area contributed by atoms with E-state index in [-0.39, 0.29) is 0 Å². The van der Waals surface area contributed by atoms with Crippen LogP contribution >= 0.6 is 27.3 Å². The molecule has 0 aliphatic heterocycles. The van der Waals surface area contributed by atoms with E-state index in [1.807, 2.05) is 0 Å². The van der Waals surface area contributed by atoms with E-state index in [9.17, 15) is 14.9 Å². The molecule has 1 aromatic carbocycles. The van der Waals surface area contributed by atoms with E-state index in [4.69, 9.17) is 4.74 Å². The summed E-state index contributed by atoms with van der Waals surface area (Å²) in [5.41, 5.74) is 1.96. The van der Waals surface area contributed by atoms with Crippen LogP contribution in [0.1, 0.15) is 39.2 Å².